The highest BCUT2D eigenvalue weighted by Gasteiger charge is 2.06. The monoisotopic (exact) mass is 323 g/mol. The van der Waals surface area contributed by atoms with Crippen molar-refractivity contribution in [1.29, 1.82) is 5.41 Å². The number of hydrogen-bond donors (Lipinski definition) is 3. The van der Waals surface area contributed by atoms with E-state index in [2.05, 4.69) is 34.9 Å². The van der Waals surface area contributed by atoms with E-state index in [1.54, 1.807) is 12.1 Å². The first-order valence-corrected chi connectivity index (χ1v) is 8.39. The number of carbonyl (C=O) groups excluding carboxylic acids is 1. The zero-order valence-electron chi connectivity index (χ0n) is 14.1. The van der Waals surface area contributed by atoms with Crippen LogP contribution < -0.4 is 10.6 Å². The molecular weight excluding hydrogens is 298 g/mol. The Balaban J connectivity index is 1.58. The number of carbonyl (C=O) groups is 1. The number of nitrogens with one attached hydrogen (secondary N) is 3. The van der Waals surface area contributed by atoms with Gasteiger partial charge in [0.1, 0.15) is 0 Å². The van der Waals surface area contributed by atoms with Gasteiger partial charge >= 0.3 is 0 Å². The molecule has 0 atom stereocenters. The summed E-state index contributed by atoms with van der Waals surface area (Å²) in [7, 11) is 0. The van der Waals surface area contributed by atoms with Crippen LogP contribution in [-0.2, 0) is 6.42 Å². The molecule has 2 aromatic rings. The molecule has 0 aromatic heterocycles. The molecule has 126 valence electrons. The molecule has 24 heavy (non-hydrogen) atoms. The second-order valence-corrected chi connectivity index (χ2v) is 5.92. The van der Waals surface area contributed by atoms with E-state index in [-0.39, 0.29) is 11.9 Å². The first kappa shape index (κ1) is 17.7. The third-order valence-electron chi connectivity index (χ3n) is 3.84. The summed E-state index contributed by atoms with van der Waals surface area (Å²) in [6.45, 7) is 2.67. The molecule has 0 aliphatic carbocycles. The summed E-state index contributed by atoms with van der Waals surface area (Å²) in [6, 6.07) is 17.8. The highest BCUT2D eigenvalue weighted by Crippen LogP contribution is 2.05. The lowest BCUT2D eigenvalue weighted by Crippen LogP contribution is -2.40. The fourth-order valence-electron chi connectivity index (χ4n) is 2.42. The maximum Gasteiger partial charge on any atom is 0.257 e. The van der Waals surface area contributed by atoms with Gasteiger partial charge in [0.15, 0.2) is 5.96 Å². The van der Waals surface area contributed by atoms with Gasteiger partial charge in [-0.25, -0.2) is 0 Å². The molecule has 0 heterocycles. The topological polar surface area (TPSA) is 65.0 Å². The minimum Gasteiger partial charge on any atom is -0.356 e. The standard InChI is InChI=1S/C20H25N3O/c1-16-11-13-18(14-12-16)19(24)23-20(21)22-15-7-3-6-10-17-8-4-2-5-9-17/h2,4-5,8-9,11-14H,3,6-7,10,15H2,1H3,(H3,21,22,23,24). The van der Waals surface area contributed by atoms with Crippen molar-refractivity contribution in [2.75, 3.05) is 6.54 Å². The molecule has 0 aliphatic heterocycles. The van der Waals surface area contributed by atoms with Crippen LogP contribution in [-0.4, -0.2) is 18.4 Å². The van der Waals surface area contributed by atoms with Crippen molar-refractivity contribution in [3.63, 3.8) is 0 Å². The van der Waals surface area contributed by atoms with Gasteiger partial charge in [-0.2, -0.15) is 0 Å². The van der Waals surface area contributed by atoms with Gasteiger partial charge < -0.3 is 5.32 Å². The van der Waals surface area contributed by atoms with Crippen LogP contribution in [0.3, 0.4) is 0 Å². The quantitative estimate of drug-likeness (QED) is 0.413. The number of unbranched alkanes of at least 4 members (excludes halogenated alkanes) is 2. The van der Waals surface area contributed by atoms with Crippen LogP contribution in [0.4, 0.5) is 0 Å². The van der Waals surface area contributed by atoms with Gasteiger partial charge in [0.25, 0.3) is 5.91 Å². The SMILES string of the molecule is Cc1ccc(C(=O)NC(=N)NCCCCCc2ccccc2)cc1. The van der Waals surface area contributed by atoms with E-state index in [1.165, 1.54) is 5.56 Å². The number of guanidine groups is 1. The zero-order valence-corrected chi connectivity index (χ0v) is 14.1. The van der Waals surface area contributed by atoms with E-state index in [0.29, 0.717) is 12.1 Å². The van der Waals surface area contributed by atoms with Gasteiger partial charge in [-0.3, -0.25) is 15.5 Å². The summed E-state index contributed by atoms with van der Waals surface area (Å²) in [5, 5.41) is 13.3. The van der Waals surface area contributed by atoms with Crippen LogP contribution in [0.1, 0.15) is 40.7 Å². The molecule has 4 heteroatoms. The second-order valence-electron chi connectivity index (χ2n) is 5.92. The fourth-order valence-corrected chi connectivity index (χ4v) is 2.42. The van der Waals surface area contributed by atoms with Crippen molar-refractivity contribution in [3.05, 3.63) is 71.3 Å². The first-order chi connectivity index (χ1) is 11.6. The Morgan fingerprint density at radius 3 is 2.38 bits per heavy atom. The molecule has 2 rings (SSSR count). The van der Waals surface area contributed by atoms with Crippen LogP contribution in [0.2, 0.25) is 0 Å². The third kappa shape index (κ3) is 6.24. The average Bonchev–Trinajstić information content (AvgIpc) is 2.59. The van der Waals surface area contributed by atoms with Crippen LogP contribution in [0, 0.1) is 12.3 Å². The number of benzene rings is 2. The average molecular weight is 323 g/mol. The maximum absolute atomic E-state index is 12.0. The van der Waals surface area contributed by atoms with Gasteiger partial charge in [-0.15, -0.1) is 0 Å². The normalized spacial score (nSPS) is 10.2. The van der Waals surface area contributed by atoms with Gasteiger partial charge in [0, 0.05) is 12.1 Å². The molecular formula is C20H25N3O. The highest BCUT2D eigenvalue weighted by molar-refractivity contribution is 6.04. The van der Waals surface area contributed by atoms with Crippen molar-refractivity contribution in [2.24, 2.45) is 0 Å². The van der Waals surface area contributed by atoms with Crippen molar-refractivity contribution >= 4 is 11.9 Å². The second kappa shape index (κ2) is 9.50. The maximum atomic E-state index is 12.0. The largest absolute Gasteiger partial charge is 0.356 e. The summed E-state index contributed by atoms with van der Waals surface area (Å²) < 4.78 is 0. The van der Waals surface area contributed by atoms with Crippen LogP contribution in [0.15, 0.2) is 54.6 Å². The molecule has 3 N–H and O–H groups in total. The molecule has 0 fully saturated rings. The van der Waals surface area contributed by atoms with E-state index in [9.17, 15) is 4.79 Å². The van der Waals surface area contributed by atoms with Crippen LogP contribution in [0.25, 0.3) is 0 Å². The van der Waals surface area contributed by atoms with Crippen LogP contribution in [0.5, 0.6) is 0 Å². The van der Waals surface area contributed by atoms with Gasteiger partial charge in [0.05, 0.1) is 0 Å². The molecule has 0 aliphatic rings. The Morgan fingerprint density at radius 1 is 0.958 bits per heavy atom. The molecule has 0 bridgehead atoms. The Kier molecular flexibility index (Phi) is 7.02. The van der Waals surface area contributed by atoms with Crippen molar-refractivity contribution in [2.45, 2.75) is 32.6 Å². The summed E-state index contributed by atoms with van der Waals surface area (Å²) in [4.78, 5) is 12.0. The highest BCUT2D eigenvalue weighted by atomic mass is 16.1. The van der Waals surface area contributed by atoms with E-state index in [4.69, 9.17) is 5.41 Å². The van der Waals surface area contributed by atoms with Gasteiger partial charge in [-0.05, 0) is 43.9 Å². The Hall–Kier alpha value is -2.62. The predicted octanol–water partition coefficient (Wildman–Crippen LogP) is 3.66. The summed E-state index contributed by atoms with van der Waals surface area (Å²) in [5.41, 5.74) is 3.04. The number of aryl methyl sites for hydroxylation is 2. The lowest BCUT2D eigenvalue weighted by molar-refractivity contribution is 0.0975. The molecule has 0 saturated carbocycles. The number of rotatable bonds is 7. The summed E-state index contributed by atoms with van der Waals surface area (Å²) in [5.74, 6) is -0.194. The van der Waals surface area contributed by atoms with Crippen molar-refractivity contribution in [1.82, 2.24) is 10.6 Å². The molecule has 0 saturated heterocycles. The van der Waals surface area contributed by atoms with E-state index in [1.807, 2.05) is 25.1 Å². The molecule has 2 aromatic carbocycles. The number of hydrogen-bond acceptors (Lipinski definition) is 2. The van der Waals surface area contributed by atoms with Crippen molar-refractivity contribution in [3.8, 4) is 0 Å². The predicted molar refractivity (Wildman–Crippen MR) is 98.4 cm³/mol. The molecule has 1 amide bonds. The number of amides is 1. The first-order valence-electron chi connectivity index (χ1n) is 8.39. The summed E-state index contributed by atoms with van der Waals surface area (Å²) in [6.07, 6.45) is 4.30. The minimum atomic E-state index is -0.253. The fraction of sp³-hybridized carbons (Fsp3) is 0.300. The van der Waals surface area contributed by atoms with E-state index in [0.717, 1.165) is 31.2 Å². The van der Waals surface area contributed by atoms with Crippen molar-refractivity contribution < 1.29 is 4.79 Å². The summed E-state index contributed by atoms with van der Waals surface area (Å²) >= 11 is 0. The van der Waals surface area contributed by atoms with E-state index >= 15 is 0 Å². The Labute approximate surface area is 143 Å². The molecule has 4 nitrogen and oxygen atoms in total. The van der Waals surface area contributed by atoms with E-state index < -0.39 is 0 Å². The third-order valence-corrected chi connectivity index (χ3v) is 3.84. The molecule has 0 unspecified atom stereocenters. The Morgan fingerprint density at radius 2 is 1.67 bits per heavy atom. The lowest BCUT2D eigenvalue weighted by atomic mass is 10.1. The molecule has 0 radical (unpaired) electrons. The smallest absolute Gasteiger partial charge is 0.257 e. The lowest BCUT2D eigenvalue weighted by Gasteiger charge is -2.09. The minimum absolute atomic E-state index is 0.0589. The molecule has 0 spiro atoms. The zero-order chi connectivity index (χ0) is 17.2. The van der Waals surface area contributed by atoms with Crippen LogP contribution >= 0.6 is 0 Å². The van der Waals surface area contributed by atoms with Gasteiger partial charge in [0.2, 0.25) is 0 Å². The Bertz CT molecular complexity index is 650. The van der Waals surface area contributed by atoms with Gasteiger partial charge in [-0.1, -0.05) is 54.4 Å².